The van der Waals surface area contributed by atoms with Crippen molar-refractivity contribution in [3.8, 4) is 0 Å². The van der Waals surface area contributed by atoms with E-state index >= 15 is 0 Å². The first-order valence-electron chi connectivity index (χ1n) is 36.4. The molecule has 0 spiro atoms. The van der Waals surface area contributed by atoms with Gasteiger partial charge in [-0.25, -0.2) is 0 Å². The van der Waals surface area contributed by atoms with Crippen molar-refractivity contribution in [2.45, 2.75) is 405 Å². The van der Waals surface area contributed by atoms with Gasteiger partial charge in [-0.15, -0.1) is 0 Å². The summed E-state index contributed by atoms with van der Waals surface area (Å²) in [6.07, 6.45) is 92.0. The SMILES string of the molecule is CCCCC/C=C\C/C=C\CCCCCCCC(=O)OCCCCCCCCCCCCCC/C=C\CCCCCCCCCCCCCCCCCCC(=O)NC(CO)C(O)/C=C/CCCCCCCCCCCCCCCCC. The van der Waals surface area contributed by atoms with Crippen LogP contribution in [0, 0.1) is 0 Å². The minimum atomic E-state index is -0.843. The number of allylic oxidation sites excluding steroid dienone is 7. The Balaban J connectivity index is 3.38. The maximum Gasteiger partial charge on any atom is 0.305 e. The summed E-state index contributed by atoms with van der Waals surface area (Å²) < 4.78 is 5.49. The smallest absolute Gasteiger partial charge is 0.305 e. The van der Waals surface area contributed by atoms with Crippen molar-refractivity contribution in [3.63, 3.8) is 0 Å². The van der Waals surface area contributed by atoms with Crippen LogP contribution in [0.5, 0.6) is 0 Å². The van der Waals surface area contributed by atoms with Crippen molar-refractivity contribution >= 4 is 11.9 Å². The van der Waals surface area contributed by atoms with Crippen molar-refractivity contribution in [1.82, 2.24) is 5.32 Å². The van der Waals surface area contributed by atoms with Gasteiger partial charge in [0.15, 0.2) is 0 Å². The molecule has 0 aliphatic heterocycles. The summed E-state index contributed by atoms with van der Waals surface area (Å²) >= 11 is 0. The van der Waals surface area contributed by atoms with Gasteiger partial charge in [-0.05, 0) is 89.9 Å². The quantitative estimate of drug-likeness (QED) is 0.0320. The van der Waals surface area contributed by atoms with Gasteiger partial charge in [0, 0.05) is 12.8 Å². The molecular weight excluding hydrogens is 995 g/mol. The lowest BCUT2D eigenvalue weighted by atomic mass is 10.0. The number of nitrogens with one attached hydrogen (secondary N) is 1. The molecule has 0 aromatic carbocycles. The molecule has 6 nitrogen and oxygen atoms in total. The molecule has 81 heavy (non-hydrogen) atoms. The second-order valence-corrected chi connectivity index (χ2v) is 24.9. The van der Waals surface area contributed by atoms with E-state index in [0.717, 1.165) is 51.4 Å². The molecule has 0 saturated carbocycles. The lowest BCUT2D eigenvalue weighted by Gasteiger charge is -2.20. The van der Waals surface area contributed by atoms with Crippen LogP contribution in [0.3, 0.4) is 0 Å². The van der Waals surface area contributed by atoms with Crippen LogP contribution in [-0.4, -0.2) is 47.4 Å². The number of ether oxygens (including phenoxy) is 1. The van der Waals surface area contributed by atoms with Crippen LogP contribution in [0.1, 0.15) is 393 Å². The van der Waals surface area contributed by atoms with Gasteiger partial charge in [0.25, 0.3) is 0 Å². The molecule has 2 unspecified atom stereocenters. The Morgan fingerprint density at radius 1 is 0.346 bits per heavy atom. The molecule has 6 heteroatoms. The fraction of sp³-hybridized carbons (Fsp3) is 0.867. The minimum absolute atomic E-state index is 0.00401. The Morgan fingerprint density at radius 3 is 0.975 bits per heavy atom. The fourth-order valence-electron chi connectivity index (χ4n) is 11.3. The lowest BCUT2D eigenvalue weighted by molar-refractivity contribution is -0.143. The number of aliphatic hydroxyl groups is 2. The van der Waals surface area contributed by atoms with E-state index in [1.165, 1.54) is 315 Å². The number of unbranched alkanes of at least 4 members (excludes halogenated alkanes) is 51. The monoisotopic (exact) mass is 1140 g/mol. The number of amides is 1. The maximum atomic E-state index is 12.5. The molecule has 0 aliphatic carbocycles. The van der Waals surface area contributed by atoms with Crippen molar-refractivity contribution < 1.29 is 24.5 Å². The molecule has 0 saturated heterocycles. The zero-order valence-electron chi connectivity index (χ0n) is 54.5. The van der Waals surface area contributed by atoms with Crippen molar-refractivity contribution in [2.75, 3.05) is 13.2 Å². The molecule has 1 amide bonds. The number of esters is 1. The zero-order chi connectivity index (χ0) is 58.5. The van der Waals surface area contributed by atoms with Crippen LogP contribution >= 0.6 is 0 Å². The largest absolute Gasteiger partial charge is 0.466 e. The van der Waals surface area contributed by atoms with Crippen LogP contribution in [0.25, 0.3) is 0 Å². The average Bonchev–Trinajstić information content (AvgIpc) is 3.47. The van der Waals surface area contributed by atoms with E-state index in [1.807, 2.05) is 6.08 Å². The summed E-state index contributed by atoms with van der Waals surface area (Å²) in [5.74, 6) is -0.0588. The van der Waals surface area contributed by atoms with E-state index in [1.54, 1.807) is 6.08 Å². The molecule has 0 aliphatic rings. The van der Waals surface area contributed by atoms with Crippen LogP contribution in [-0.2, 0) is 14.3 Å². The van der Waals surface area contributed by atoms with Crippen molar-refractivity contribution in [1.29, 1.82) is 0 Å². The van der Waals surface area contributed by atoms with Crippen LogP contribution in [0.15, 0.2) is 48.6 Å². The predicted molar refractivity (Wildman–Crippen MR) is 356 cm³/mol. The molecule has 0 rings (SSSR count). The van der Waals surface area contributed by atoms with E-state index in [0.29, 0.717) is 19.4 Å². The molecule has 0 radical (unpaired) electrons. The van der Waals surface area contributed by atoms with Crippen molar-refractivity contribution in [2.24, 2.45) is 0 Å². The molecule has 0 aromatic heterocycles. The number of aliphatic hydroxyl groups excluding tert-OH is 2. The number of hydrogen-bond donors (Lipinski definition) is 3. The fourth-order valence-corrected chi connectivity index (χ4v) is 11.3. The van der Waals surface area contributed by atoms with Gasteiger partial charge in [0.2, 0.25) is 5.91 Å². The highest BCUT2D eigenvalue weighted by Crippen LogP contribution is 2.18. The molecule has 0 aromatic rings. The topological polar surface area (TPSA) is 95.9 Å². The zero-order valence-corrected chi connectivity index (χ0v) is 54.5. The molecule has 3 N–H and O–H groups in total. The maximum absolute atomic E-state index is 12.5. The Labute approximate surface area is 506 Å². The summed E-state index contributed by atoms with van der Waals surface area (Å²) in [4.78, 5) is 24.6. The van der Waals surface area contributed by atoms with Gasteiger partial charge < -0.3 is 20.3 Å². The standard InChI is InChI=1S/C75H141NO5/c1-3-5-7-9-11-13-15-17-19-36-40-43-47-51-55-59-63-67-73(78)72(71-77)76-74(79)68-64-60-56-52-48-44-41-37-34-32-30-28-26-24-22-20-21-23-25-27-29-31-33-35-38-42-46-50-54-58-62-66-70-81-75(80)69-65-61-57-53-49-45-39-18-16-14-12-10-8-6-4-2/h12,14,18,23,25,39,63,67,72-73,77-78H,3-11,13,15-17,19-22,24,26-38,40-62,64-66,68-71H2,1-2H3,(H,76,79)/b14-12-,25-23-,39-18-,67-63+. The molecule has 0 bridgehead atoms. The molecule has 0 heterocycles. The second kappa shape index (κ2) is 70.3. The normalized spacial score (nSPS) is 12.8. The molecule has 0 fully saturated rings. The average molecular weight is 1140 g/mol. The number of hydrogen-bond acceptors (Lipinski definition) is 5. The van der Waals surface area contributed by atoms with E-state index in [9.17, 15) is 19.8 Å². The first-order valence-corrected chi connectivity index (χ1v) is 36.4. The van der Waals surface area contributed by atoms with Gasteiger partial charge in [-0.1, -0.05) is 339 Å². The van der Waals surface area contributed by atoms with Gasteiger partial charge in [-0.2, -0.15) is 0 Å². The highest BCUT2D eigenvalue weighted by molar-refractivity contribution is 5.76. The van der Waals surface area contributed by atoms with Crippen LogP contribution < -0.4 is 5.32 Å². The first-order chi connectivity index (χ1) is 40.0. The van der Waals surface area contributed by atoms with Gasteiger partial charge in [0.1, 0.15) is 0 Å². The summed E-state index contributed by atoms with van der Waals surface area (Å²) in [6, 6.07) is -0.627. The van der Waals surface area contributed by atoms with Gasteiger partial charge in [-0.3, -0.25) is 9.59 Å². The minimum Gasteiger partial charge on any atom is -0.466 e. The number of carbonyl (C=O) groups excluding carboxylic acids is 2. The highest BCUT2D eigenvalue weighted by Gasteiger charge is 2.18. The summed E-state index contributed by atoms with van der Waals surface area (Å²) in [6.45, 7) is 4.90. The van der Waals surface area contributed by atoms with Crippen molar-refractivity contribution in [3.05, 3.63) is 48.6 Å². The highest BCUT2D eigenvalue weighted by atomic mass is 16.5. The van der Waals surface area contributed by atoms with E-state index in [4.69, 9.17) is 4.74 Å². The first kappa shape index (κ1) is 78.8. The Morgan fingerprint density at radius 2 is 0.617 bits per heavy atom. The summed E-state index contributed by atoms with van der Waals surface area (Å²) in [5.41, 5.74) is 0. The summed E-state index contributed by atoms with van der Waals surface area (Å²) in [7, 11) is 0. The second-order valence-electron chi connectivity index (χ2n) is 24.9. The lowest BCUT2D eigenvalue weighted by Crippen LogP contribution is -2.45. The third-order valence-electron chi connectivity index (χ3n) is 16.8. The third-order valence-corrected chi connectivity index (χ3v) is 16.8. The van der Waals surface area contributed by atoms with E-state index in [2.05, 4.69) is 55.6 Å². The number of rotatable bonds is 68. The van der Waals surface area contributed by atoms with Crippen LogP contribution in [0.4, 0.5) is 0 Å². The van der Waals surface area contributed by atoms with E-state index in [-0.39, 0.29) is 18.5 Å². The Bertz CT molecular complexity index is 1360. The van der Waals surface area contributed by atoms with Gasteiger partial charge in [0.05, 0.1) is 25.4 Å². The van der Waals surface area contributed by atoms with Crippen LogP contribution in [0.2, 0.25) is 0 Å². The van der Waals surface area contributed by atoms with Gasteiger partial charge >= 0.3 is 5.97 Å². The Kier molecular flexibility index (Phi) is 68.4. The molecule has 2 atom stereocenters. The van der Waals surface area contributed by atoms with E-state index < -0.39 is 12.1 Å². The number of carbonyl (C=O) groups is 2. The molecule has 476 valence electrons. The molecular formula is C75H141NO5. The third kappa shape index (κ3) is 66.8. The Hall–Kier alpha value is -2.18. The summed E-state index contributed by atoms with van der Waals surface area (Å²) in [5, 5.41) is 23.2. The predicted octanol–water partition coefficient (Wildman–Crippen LogP) is 23.6.